The minimum Gasteiger partial charge on any atom is -0.454 e. The van der Waals surface area contributed by atoms with Crippen molar-refractivity contribution in [3.63, 3.8) is 0 Å². The van der Waals surface area contributed by atoms with Gasteiger partial charge >= 0.3 is 0 Å². The highest BCUT2D eigenvalue weighted by molar-refractivity contribution is 5.54. The number of hydrogen-bond donors (Lipinski definition) is 2. The number of rotatable bonds is 3. The highest BCUT2D eigenvalue weighted by Crippen LogP contribution is 2.30. The summed E-state index contributed by atoms with van der Waals surface area (Å²) in [6.45, 7) is 1.60. The van der Waals surface area contributed by atoms with Crippen LogP contribution in [0.25, 0.3) is 0 Å². The Hall–Kier alpha value is -2.21. The van der Waals surface area contributed by atoms with Crippen molar-refractivity contribution < 1.29 is 17.9 Å². The predicted octanol–water partition coefficient (Wildman–Crippen LogP) is 3.49. The van der Waals surface area contributed by atoms with Gasteiger partial charge in [-0.05, 0) is 30.7 Å². The van der Waals surface area contributed by atoms with E-state index in [9.17, 15) is 13.2 Å². The number of hydrogen-bond acceptors (Lipinski definition) is 3. The minimum atomic E-state index is -0.736. The molecular weight excluding hydrogens is 257 g/mol. The molecule has 0 amide bonds. The minimum absolute atomic E-state index is 0.0542. The van der Waals surface area contributed by atoms with Gasteiger partial charge in [0.2, 0.25) is 0 Å². The van der Waals surface area contributed by atoms with E-state index in [1.165, 1.54) is 6.07 Å². The Kier molecular flexibility index (Phi) is 3.62. The van der Waals surface area contributed by atoms with Crippen molar-refractivity contribution >= 4 is 5.69 Å². The van der Waals surface area contributed by atoms with E-state index in [0.717, 1.165) is 24.3 Å². The van der Waals surface area contributed by atoms with Crippen molar-refractivity contribution in [1.29, 1.82) is 0 Å². The van der Waals surface area contributed by atoms with Gasteiger partial charge in [0.05, 0.1) is 5.69 Å². The molecule has 0 fully saturated rings. The smallest absolute Gasteiger partial charge is 0.165 e. The molecule has 0 bridgehead atoms. The first-order valence-corrected chi connectivity index (χ1v) is 5.41. The first-order chi connectivity index (χ1) is 9.01. The Morgan fingerprint density at radius 2 is 1.79 bits per heavy atom. The van der Waals surface area contributed by atoms with E-state index in [-0.39, 0.29) is 17.2 Å². The Morgan fingerprint density at radius 3 is 2.42 bits per heavy atom. The zero-order valence-electron chi connectivity index (χ0n) is 10.0. The molecule has 0 spiro atoms. The molecule has 19 heavy (non-hydrogen) atoms. The molecule has 0 aromatic heterocycles. The molecule has 3 nitrogen and oxygen atoms in total. The van der Waals surface area contributed by atoms with Gasteiger partial charge in [0.1, 0.15) is 11.6 Å². The summed E-state index contributed by atoms with van der Waals surface area (Å²) in [7, 11) is 0. The van der Waals surface area contributed by atoms with E-state index >= 15 is 0 Å². The fourth-order valence-electron chi connectivity index (χ4n) is 1.64. The third-order valence-electron chi connectivity index (χ3n) is 2.53. The average Bonchev–Trinajstić information content (AvgIpc) is 2.33. The zero-order chi connectivity index (χ0) is 14.0. The topological polar surface area (TPSA) is 47.3 Å². The van der Waals surface area contributed by atoms with Crippen LogP contribution in [0.4, 0.5) is 18.9 Å². The molecule has 100 valence electrons. The van der Waals surface area contributed by atoms with E-state index in [0.29, 0.717) is 5.56 Å². The van der Waals surface area contributed by atoms with Crippen LogP contribution in [0.1, 0.15) is 5.56 Å². The first-order valence-electron chi connectivity index (χ1n) is 5.41. The van der Waals surface area contributed by atoms with Crippen LogP contribution in [-0.4, -0.2) is 0 Å². The number of nitrogens with one attached hydrogen (secondary N) is 1. The lowest BCUT2D eigenvalue weighted by Crippen LogP contribution is -2.10. The maximum absolute atomic E-state index is 13.6. The van der Waals surface area contributed by atoms with Gasteiger partial charge in [0.15, 0.2) is 17.4 Å². The molecule has 0 saturated carbocycles. The Morgan fingerprint density at radius 1 is 1.05 bits per heavy atom. The van der Waals surface area contributed by atoms with Crippen LogP contribution in [0.15, 0.2) is 30.3 Å². The van der Waals surface area contributed by atoms with Crippen molar-refractivity contribution in [1.82, 2.24) is 0 Å². The van der Waals surface area contributed by atoms with Crippen molar-refractivity contribution in [3.05, 3.63) is 53.3 Å². The second-order valence-corrected chi connectivity index (χ2v) is 3.92. The molecular formula is C13H11F3N2O. The third-order valence-corrected chi connectivity index (χ3v) is 2.53. The summed E-state index contributed by atoms with van der Waals surface area (Å²) in [5.74, 6) is 2.87. The maximum atomic E-state index is 13.6. The largest absolute Gasteiger partial charge is 0.454 e. The van der Waals surface area contributed by atoms with Crippen LogP contribution >= 0.6 is 0 Å². The number of nitrogen functional groups attached to an aromatic ring is 1. The molecule has 0 radical (unpaired) electrons. The van der Waals surface area contributed by atoms with E-state index in [1.807, 2.05) is 0 Å². The van der Waals surface area contributed by atoms with Gasteiger partial charge in [-0.3, -0.25) is 5.84 Å². The normalized spacial score (nSPS) is 10.4. The monoisotopic (exact) mass is 268 g/mol. The van der Waals surface area contributed by atoms with E-state index in [1.54, 1.807) is 6.92 Å². The van der Waals surface area contributed by atoms with Gasteiger partial charge in [0.25, 0.3) is 0 Å². The first kappa shape index (κ1) is 13.2. The highest BCUT2D eigenvalue weighted by atomic mass is 19.1. The van der Waals surface area contributed by atoms with Crippen molar-refractivity contribution in [3.8, 4) is 11.5 Å². The fraction of sp³-hybridized carbons (Fsp3) is 0.0769. The molecule has 6 heteroatoms. The highest BCUT2D eigenvalue weighted by Gasteiger charge is 2.11. The van der Waals surface area contributed by atoms with Gasteiger partial charge in [-0.2, -0.15) is 0 Å². The SMILES string of the molecule is Cc1cc(Oc2cc(F)ccc2F)cc(F)c1NN. The van der Waals surface area contributed by atoms with Crippen LogP contribution in [0.5, 0.6) is 11.5 Å². The summed E-state index contributed by atoms with van der Waals surface area (Å²) in [4.78, 5) is 0. The lowest BCUT2D eigenvalue weighted by atomic mass is 10.2. The summed E-state index contributed by atoms with van der Waals surface area (Å²) in [6.07, 6.45) is 0. The molecule has 0 aliphatic heterocycles. The molecule has 0 atom stereocenters. The predicted molar refractivity (Wildman–Crippen MR) is 65.4 cm³/mol. The molecule has 0 heterocycles. The summed E-state index contributed by atoms with van der Waals surface area (Å²) in [5.41, 5.74) is 2.81. The lowest BCUT2D eigenvalue weighted by Gasteiger charge is -2.11. The second kappa shape index (κ2) is 5.19. The Labute approximate surface area is 107 Å². The Bertz CT molecular complexity index is 594. The van der Waals surface area contributed by atoms with Crippen LogP contribution in [0, 0.1) is 24.4 Å². The third kappa shape index (κ3) is 2.79. The number of aryl methyl sites for hydroxylation is 1. The molecule has 2 rings (SSSR count). The van der Waals surface area contributed by atoms with E-state index in [2.05, 4.69) is 5.43 Å². The van der Waals surface area contributed by atoms with Gasteiger partial charge in [-0.15, -0.1) is 0 Å². The molecule has 0 aliphatic carbocycles. The van der Waals surface area contributed by atoms with Gasteiger partial charge in [0, 0.05) is 12.1 Å². The number of halogens is 3. The lowest BCUT2D eigenvalue weighted by molar-refractivity contribution is 0.433. The van der Waals surface area contributed by atoms with Crippen LogP contribution in [0.3, 0.4) is 0 Å². The standard InChI is InChI=1S/C13H11F3N2O/c1-7-4-9(6-11(16)13(7)18-17)19-12-5-8(14)2-3-10(12)15/h2-6,18H,17H2,1H3. The van der Waals surface area contributed by atoms with E-state index < -0.39 is 17.5 Å². The summed E-state index contributed by atoms with van der Waals surface area (Å²) in [5, 5.41) is 0. The fourth-order valence-corrected chi connectivity index (χ4v) is 1.64. The van der Waals surface area contributed by atoms with Crippen molar-refractivity contribution in [2.75, 3.05) is 5.43 Å². The maximum Gasteiger partial charge on any atom is 0.165 e. The van der Waals surface area contributed by atoms with Crippen molar-refractivity contribution in [2.45, 2.75) is 6.92 Å². The second-order valence-electron chi connectivity index (χ2n) is 3.92. The average molecular weight is 268 g/mol. The quantitative estimate of drug-likeness (QED) is 0.661. The number of benzene rings is 2. The van der Waals surface area contributed by atoms with Crippen LogP contribution < -0.4 is 16.0 Å². The zero-order valence-corrected chi connectivity index (χ0v) is 10.0. The van der Waals surface area contributed by atoms with Crippen LogP contribution in [0.2, 0.25) is 0 Å². The molecule has 2 aromatic carbocycles. The van der Waals surface area contributed by atoms with Gasteiger partial charge in [-0.25, -0.2) is 13.2 Å². The van der Waals surface area contributed by atoms with Gasteiger partial charge in [-0.1, -0.05) is 0 Å². The van der Waals surface area contributed by atoms with E-state index in [4.69, 9.17) is 10.6 Å². The van der Waals surface area contributed by atoms with Crippen molar-refractivity contribution in [2.24, 2.45) is 5.84 Å². The Balaban J connectivity index is 2.36. The number of hydrazine groups is 1. The summed E-state index contributed by atoms with van der Waals surface area (Å²) < 4.78 is 45.1. The van der Waals surface area contributed by atoms with Gasteiger partial charge < -0.3 is 10.2 Å². The molecule has 0 saturated heterocycles. The number of nitrogens with two attached hydrogens (primary N) is 1. The molecule has 3 N–H and O–H groups in total. The molecule has 0 aliphatic rings. The molecule has 0 unspecified atom stereocenters. The summed E-state index contributed by atoms with van der Waals surface area (Å²) >= 11 is 0. The molecule has 2 aromatic rings. The number of ether oxygens (including phenoxy) is 1. The number of anilines is 1. The van der Waals surface area contributed by atoms with Crippen LogP contribution in [-0.2, 0) is 0 Å². The summed E-state index contributed by atoms with van der Waals surface area (Å²) in [6, 6.07) is 5.28.